The summed E-state index contributed by atoms with van der Waals surface area (Å²) < 4.78 is 29.0. The quantitative estimate of drug-likeness (QED) is 0.620. The van der Waals surface area contributed by atoms with Gasteiger partial charge in [0.2, 0.25) is 10.0 Å². The molecule has 25 heavy (non-hydrogen) atoms. The van der Waals surface area contributed by atoms with Crippen LogP contribution in [0.4, 0.5) is 5.69 Å². The Morgan fingerprint density at radius 2 is 1.84 bits per heavy atom. The number of nitrogens with two attached hydrogens (primary N) is 1. The molecule has 0 aliphatic heterocycles. The summed E-state index contributed by atoms with van der Waals surface area (Å²) in [7, 11) is -3.89. The van der Waals surface area contributed by atoms with Gasteiger partial charge in [-0.2, -0.15) is 0 Å². The fourth-order valence-electron chi connectivity index (χ4n) is 2.11. The number of hydrogen-bond donors (Lipinski definition) is 3. The van der Waals surface area contributed by atoms with Gasteiger partial charge in [-0.15, -0.1) is 0 Å². The largest absolute Gasteiger partial charge is 0.478 e. The number of sulfonamides is 1. The van der Waals surface area contributed by atoms with E-state index in [4.69, 9.17) is 15.0 Å². The van der Waals surface area contributed by atoms with Gasteiger partial charge < -0.3 is 15.2 Å². The van der Waals surface area contributed by atoms with Gasteiger partial charge in [-0.05, 0) is 36.8 Å². The molecule has 0 bridgehead atoms. The van der Waals surface area contributed by atoms with Gasteiger partial charge in [-0.3, -0.25) is 0 Å². The van der Waals surface area contributed by atoms with Crippen molar-refractivity contribution < 1.29 is 23.1 Å². The van der Waals surface area contributed by atoms with Crippen molar-refractivity contribution in [3.63, 3.8) is 0 Å². The molecule has 0 atom stereocenters. The summed E-state index contributed by atoms with van der Waals surface area (Å²) in [6, 6.07) is 10.2. The van der Waals surface area contributed by atoms with Crippen LogP contribution in [0.3, 0.4) is 0 Å². The van der Waals surface area contributed by atoms with E-state index in [1.54, 1.807) is 6.07 Å². The van der Waals surface area contributed by atoms with Gasteiger partial charge in [0, 0.05) is 24.4 Å². The van der Waals surface area contributed by atoms with E-state index < -0.39 is 16.0 Å². The highest BCUT2D eigenvalue weighted by atomic mass is 32.2. The fraction of sp³-hybridized carbons (Fsp3) is 0.235. The molecule has 0 unspecified atom stereocenters. The van der Waals surface area contributed by atoms with Crippen molar-refractivity contribution in [3.05, 3.63) is 48.0 Å². The van der Waals surface area contributed by atoms with Gasteiger partial charge in [-0.1, -0.05) is 13.3 Å². The molecule has 0 radical (unpaired) electrons. The van der Waals surface area contributed by atoms with E-state index in [-0.39, 0.29) is 16.2 Å². The fourth-order valence-corrected chi connectivity index (χ4v) is 2.68. The molecule has 0 amide bonds. The van der Waals surface area contributed by atoms with Crippen LogP contribution in [0.15, 0.2) is 47.4 Å². The first-order valence-electron chi connectivity index (χ1n) is 7.72. The number of ether oxygens (including phenoxy) is 1. The average molecular weight is 364 g/mol. The first-order valence-corrected chi connectivity index (χ1v) is 9.27. The molecule has 7 nitrogen and oxygen atoms in total. The Morgan fingerprint density at radius 3 is 2.40 bits per heavy atom. The summed E-state index contributed by atoms with van der Waals surface area (Å²) in [5.74, 6) is -0.366. The van der Waals surface area contributed by atoms with Crippen LogP contribution in [0.2, 0.25) is 0 Å². The molecule has 0 aromatic heterocycles. The van der Waals surface area contributed by atoms with Gasteiger partial charge in [-0.25, -0.2) is 18.4 Å². The number of carboxylic acid groups (broad SMARTS) is 1. The van der Waals surface area contributed by atoms with Crippen LogP contribution >= 0.6 is 0 Å². The zero-order valence-electron chi connectivity index (χ0n) is 13.7. The van der Waals surface area contributed by atoms with E-state index >= 15 is 0 Å². The molecule has 4 N–H and O–H groups in total. The van der Waals surface area contributed by atoms with Crippen molar-refractivity contribution in [1.29, 1.82) is 0 Å². The van der Waals surface area contributed by atoms with Crippen molar-refractivity contribution in [2.45, 2.75) is 24.7 Å². The van der Waals surface area contributed by atoms with E-state index in [9.17, 15) is 13.2 Å². The molecule has 2 aromatic rings. The SMILES string of the molecule is CCCCNc1cc(Oc2ccc(C(=O)O)cc2)cc(S(N)(=O)=O)c1. The lowest BCUT2D eigenvalue weighted by Crippen LogP contribution is -2.13. The molecule has 134 valence electrons. The Balaban J connectivity index is 2.28. The van der Waals surface area contributed by atoms with Crippen molar-refractivity contribution in [2.75, 3.05) is 11.9 Å². The smallest absolute Gasteiger partial charge is 0.335 e. The van der Waals surface area contributed by atoms with E-state index in [1.807, 2.05) is 0 Å². The van der Waals surface area contributed by atoms with Crippen molar-refractivity contribution in [3.8, 4) is 11.5 Å². The minimum atomic E-state index is -3.89. The van der Waals surface area contributed by atoms with E-state index in [1.165, 1.54) is 36.4 Å². The molecular formula is C17H20N2O5S. The van der Waals surface area contributed by atoms with Crippen LogP contribution in [0, 0.1) is 0 Å². The lowest BCUT2D eigenvalue weighted by molar-refractivity contribution is 0.0697. The number of primary sulfonamides is 1. The second-order valence-electron chi connectivity index (χ2n) is 5.45. The summed E-state index contributed by atoms with van der Waals surface area (Å²) in [5, 5.41) is 17.3. The Kier molecular flexibility index (Phi) is 6.00. The zero-order chi connectivity index (χ0) is 18.4. The van der Waals surface area contributed by atoms with Crippen LogP contribution in [0.5, 0.6) is 11.5 Å². The maximum atomic E-state index is 11.7. The minimum absolute atomic E-state index is 0.0637. The molecule has 8 heteroatoms. The van der Waals surface area contributed by atoms with E-state index in [2.05, 4.69) is 12.2 Å². The van der Waals surface area contributed by atoms with Gasteiger partial charge >= 0.3 is 5.97 Å². The third kappa shape index (κ3) is 5.47. The molecule has 2 rings (SSSR count). The number of rotatable bonds is 8. The van der Waals surface area contributed by atoms with Crippen LogP contribution in [-0.4, -0.2) is 26.0 Å². The molecule has 0 saturated heterocycles. The molecule has 0 aliphatic carbocycles. The topological polar surface area (TPSA) is 119 Å². The summed E-state index contributed by atoms with van der Waals surface area (Å²) in [5.41, 5.74) is 0.713. The van der Waals surface area contributed by atoms with E-state index in [0.29, 0.717) is 18.0 Å². The molecule has 0 fully saturated rings. The van der Waals surface area contributed by atoms with Crippen molar-refractivity contribution >= 4 is 21.7 Å². The predicted molar refractivity (Wildman–Crippen MR) is 94.7 cm³/mol. The molecule has 0 saturated carbocycles. The number of aromatic carboxylic acids is 1. The lowest BCUT2D eigenvalue weighted by atomic mass is 10.2. The summed E-state index contributed by atoms with van der Waals surface area (Å²) in [6.07, 6.45) is 1.94. The summed E-state index contributed by atoms with van der Waals surface area (Å²) >= 11 is 0. The lowest BCUT2D eigenvalue weighted by Gasteiger charge is -2.12. The first kappa shape index (κ1) is 18.8. The second-order valence-corrected chi connectivity index (χ2v) is 7.01. The highest BCUT2D eigenvalue weighted by molar-refractivity contribution is 7.89. The number of benzene rings is 2. The molecular weight excluding hydrogens is 344 g/mol. The van der Waals surface area contributed by atoms with Crippen LogP contribution in [-0.2, 0) is 10.0 Å². The number of carboxylic acids is 1. The highest BCUT2D eigenvalue weighted by Gasteiger charge is 2.12. The normalized spacial score (nSPS) is 11.1. The summed E-state index contributed by atoms with van der Waals surface area (Å²) in [4.78, 5) is 10.8. The standard InChI is InChI=1S/C17H20N2O5S/c1-2-3-8-19-13-9-15(11-16(10-13)25(18,22)23)24-14-6-4-12(5-7-14)17(20)21/h4-7,9-11,19H,2-3,8H2,1H3,(H,20,21)(H2,18,22,23). The Hall–Kier alpha value is -2.58. The molecule has 0 spiro atoms. The Labute approximate surface area is 146 Å². The van der Waals surface area contributed by atoms with Crippen molar-refractivity contribution in [2.24, 2.45) is 5.14 Å². The number of anilines is 1. The van der Waals surface area contributed by atoms with Crippen LogP contribution in [0.1, 0.15) is 30.1 Å². The van der Waals surface area contributed by atoms with Gasteiger partial charge in [0.1, 0.15) is 11.5 Å². The van der Waals surface area contributed by atoms with Crippen LogP contribution in [0.25, 0.3) is 0 Å². The van der Waals surface area contributed by atoms with Gasteiger partial charge in [0.05, 0.1) is 10.5 Å². The Bertz CT molecular complexity index is 848. The zero-order valence-corrected chi connectivity index (χ0v) is 14.5. The molecule has 2 aromatic carbocycles. The number of unbranched alkanes of at least 4 members (excludes halogenated alkanes) is 1. The second kappa shape index (κ2) is 8.00. The molecule has 0 heterocycles. The average Bonchev–Trinajstić information content (AvgIpc) is 2.54. The van der Waals surface area contributed by atoms with Crippen LogP contribution < -0.4 is 15.2 Å². The monoisotopic (exact) mass is 364 g/mol. The number of hydrogen-bond acceptors (Lipinski definition) is 5. The third-order valence-electron chi connectivity index (χ3n) is 3.40. The van der Waals surface area contributed by atoms with E-state index in [0.717, 1.165) is 12.8 Å². The highest BCUT2D eigenvalue weighted by Crippen LogP contribution is 2.28. The minimum Gasteiger partial charge on any atom is -0.478 e. The third-order valence-corrected chi connectivity index (χ3v) is 4.30. The van der Waals surface area contributed by atoms with Crippen molar-refractivity contribution in [1.82, 2.24) is 0 Å². The predicted octanol–water partition coefficient (Wildman–Crippen LogP) is 3.04. The number of carbonyl (C=O) groups is 1. The maximum absolute atomic E-state index is 11.7. The first-order chi connectivity index (χ1) is 11.8. The molecule has 0 aliphatic rings. The maximum Gasteiger partial charge on any atom is 0.335 e. The van der Waals surface area contributed by atoms with Gasteiger partial charge in [0.25, 0.3) is 0 Å². The summed E-state index contributed by atoms with van der Waals surface area (Å²) in [6.45, 7) is 2.75. The van der Waals surface area contributed by atoms with Gasteiger partial charge in [0.15, 0.2) is 0 Å². The number of nitrogens with one attached hydrogen (secondary N) is 1. The Morgan fingerprint density at radius 1 is 1.16 bits per heavy atom.